The van der Waals surface area contributed by atoms with E-state index in [0.29, 0.717) is 0 Å². The highest BCUT2D eigenvalue weighted by atomic mass is 16.6. The summed E-state index contributed by atoms with van der Waals surface area (Å²) >= 11 is 0. The predicted octanol–water partition coefficient (Wildman–Crippen LogP) is 1.85. The standard InChI is InChI=1S/C8H10O3.C6H8N2/c9-7-5-3-1-2-4-6(5)8(10)11-7;7-8-6-4-2-1-3-5-6/h5-6H,1-4H2;1-5,8H,7H2. The molecule has 1 aromatic rings. The van der Waals surface area contributed by atoms with Gasteiger partial charge >= 0.3 is 11.9 Å². The molecule has 1 aliphatic heterocycles. The molecule has 2 atom stereocenters. The van der Waals surface area contributed by atoms with Crippen LogP contribution in [0.5, 0.6) is 0 Å². The number of nitrogens with two attached hydrogens (primary N) is 1. The first-order valence-corrected chi connectivity index (χ1v) is 6.49. The van der Waals surface area contributed by atoms with E-state index in [4.69, 9.17) is 5.84 Å². The second-order valence-electron chi connectivity index (χ2n) is 4.75. The molecule has 3 N–H and O–H groups in total. The molecule has 0 aromatic heterocycles. The zero-order valence-electron chi connectivity index (χ0n) is 10.7. The van der Waals surface area contributed by atoms with Gasteiger partial charge in [0.2, 0.25) is 0 Å². The minimum atomic E-state index is -0.292. The molecule has 1 saturated carbocycles. The number of rotatable bonds is 1. The van der Waals surface area contributed by atoms with Gasteiger partial charge in [-0.25, -0.2) is 0 Å². The van der Waals surface area contributed by atoms with Gasteiger partial charge in [0.05, 0.1) is 11.8 Å². The summed E-state index contributed by atoms with van der Waals surface area (Å²) in [6.45, 7) is 0. The van der Waals surface area contributed by atoms with Gasteiger partial charge in [0.1, 0.15) is 0 Å². The second kappa shape index (κ2) is 6.33. The smallest absolute Gasteiger partial charge is 0.317 e. The second-order valence-corrected chi connectivity index (χ2v) is 4.75. The molecule has 1 aromatic carbocycles. The molecule has 2 fully saturated rings. The fraction of sp³-hybridized carbons (Fsp3) is 0.429. The Morgan fingerprint density at radius 1 is 1.00 bits per heavy atom. The Labute approximate surface area is 112 Å². The largest absolute Gasteiger partial charge is 0.393 e. The van der Waals surface area contributed by atoms with Gasteiger partial charge in [-0.15, -0.1) is 0 Å². The number of fused-ring (bicyclic) bond motifs is 1. The first kappa shape index (κ1) is 13.5. The number of nitrogen functional groups attached to an aromatic ring is 1. The topological polar surface area (TPSA) is 81.4 Å². The third kappa shape index (κ3) is 3.32. The molecule has 1 saturated heterocycles. The van der Waals surface area contributed by atoms with Crippen LogP contribution in [0, 0.1) is 11.8 Å². The van der Waals surface area contributed by atoms with Crippen molar-refractivity contribution in [3.05, 3.63) is 30.3 Å². The Balaban J connectivity index is 0.000000148. The molecule has 3 rings (SSSR count). The van der Waals surface area contributed by atoms with Crippen molar-refractivity contribution < 1.29 is 14.3 Å². The summed E-state index contributed by atoms with van der Waals surface area (Å²) in [5, 5.41) is 0. The van der Waals surface area contributed by atoms with Crippen molar-refractivity contribution >= 4 is 17.6 Å². The lowest BCUT2D eigenvalue weighted by Gasteiger charge is -2.18. The Bertz CT molecular complexity index is 425. The SMILES string of the molecule is NNc1ccccc1.O=C1OC(=O)C2CCCCC12. The summed E-state index contributed by atoms with van der Waals surface area (Å²) in [7, 11) is 0. The fourth-order valence-electron chi connectivity index (χ4n) is 2.48. The first-order valence-electron chi connectivity index (χ1n) is 6.49. The van der Waals surface area contributed by atoms with Crippen molar-refractivity contribution in [3.63, 3.8) is 0 Å². The lowest BCUT2D eigenvalue weighted by molar-refractivity contribution is -0.153. The van der Waals surface area contributed by atoms with Crippen molar-refractivity contribution in [1.29, 1.82) is 0 Å². The maximum Gasteiger partial charge on any atom is 0.317 e. The summed E-state index contributed by atoms with van der Waals surface area (Å²) in [5.74, 6) is 4.31. The maximum absolute atomic E-state index is 11.0. The van der Waals surface area contributed by atoms with Gasteiger partial charge in [0.15, 0.2) is 0 Å². The van der Waals surface area contributed by atoms with Gasteiger partial charge in [-0.05, 0) is 25.0 Å². The lowest BCUT2D eigenvalue weighted by atomic mass is 9.81. The molecule has 1 heterocycles. The van der Waals surface area contributed by atoms with E-state index in [1.54, 1.807) is 0 Å². The van der Waals surface area contributed by atoms with Crippen molar-refractivity contribution in [3.8, 4) is 0 Å². The molecular formula is C14H18N2O3. The minimum absolute atomic E-state index is 0.101. The van der Waals surface area contributed by atoms with Crippen LogP contribution in [-0.4, -0.2) is 11.9 Å². The van der Waals surface area contributed by atoms with E-state index in [-0.39, 0.29) is 23.8 Å². The quantitative estimate of drug-likeness (QED) is 0.349. The number of carbonyl (C=O) groups excluding carboxylic acids is 2. The van der Waals surface area contributed by atoms with Gasteiger partial charge in [0, 0.05) is 5.69 Å². The maximum atomic E-state index is 11.0. The molecule has 0 amide bonds. The highest BCUT2D eigenvalue weighted by Crippen LogP contribution is 2.36. The van der Waals surface area contributed by atoms with Crippen LogP contribution in [0.1, 0.15) is 25.7 Å². The van der Waals surface area contributed by atoms with Gasteiger partial charge in [0.25, 0.3) is 0 Å². The van der Waals surface area contributed by atoms with Crippen molar-refractivity contribution in [2.45, 2.75) is 25.7 Å². The number of benzene rings is 1. The number of esters is 2. The van der Waals surface area contributed by atoms with E-state index in [9.17, 15) is 9.59 Å². The van der Waals surface area contributed by atoms with E-state index >= 15 is 0 Å². The van der Waals surface area contributed by atoms with Crippen LogP contribution >= 0.6 is 0 Å². The Morgan fingerprint density at radius 3 is 1.95 bits per heavy atom. The minimum Gasteiger partial charge on any atom is -0.393 e. The monoisotopic (exact) mass is 262 g/mol. The van der Waals surface area contributed by atoms with E-state index < -0.39 is 0 Å². The number of ether oxygens (including phenoxy) is 1. The highest BCUT2D eigenvalue weighted by molar-refractivity contribution is 5.96. The number of hydrogen-bond donors (Lipinski definition) is 2. The van der Waals surface area contributed by atoms with Crippen LogP contribution in [0.4, 0.5) is 5.69 Å². The van der Waals surface area contributed by atoms with Crippen LogP contribution in [0.2, 0.25) is 0 Å². The first-order chi connectivity index (χ1) is 9.22. The normalized spacial score (nSPS) is 24.9. The Morgan fingerprint density at radius 2 is 1.53 bits per heavy atom. The van der Waals surface area contributed by atoms with Crippen molar-refractivity contribution in [2.75, 3.05) is 5.43 Å². The van der Waals surface area contributed by atoms with E-state index in [1.807, 2.05) is 30.3 Å². The zero-order chi connectivity index (χ0) is 13.7. The summed E-state index contributed by atoms with van der Waals surface area (Å²) in [4.78, 5) is 22.0. The molecule has 0 radical (unpaired) electrons. The number of carbonyl (C=O) groups is 2. The predicted molar refractivity (Wildman–Crippen MR) is 70.8 cm³/mol. The number of para-hydroxylation sites is 1. The van der Waals surface area contributed by atoms with Crippen molar-refractivity contribution in [2.24, 2.45) is 17.7 Å². The highest BCUT2D eigenvalue weighted by Gasteiger charge is 2.44. The number of hydrogen-bond acceptors (Lipinski definition) is 5. The molecule has 0 bridgehead atoms. The molecule has 5 heteroatoms. The van der Waals surface area contributed by atoms with E-state index in [2.05, 4.69) is 10.2 Å². The van der Waals surface area contributed by atoms with E-state index in [1.165, 1.54) is 0 Å². The van der Waals surface area contributed by atoms with Crippen LogP contribution in [-0.2, 0) is 14.3 Å². The summed E-state index contributed by atoms with van der Waals surface area (Å²) in [6, 6.07) is 9.60. The molecule has 102 valence electrons. The number of hydrazine groups is 1. The van der Waals surface area contributed by atoms with E-state index in [0.717, 1.165) is 31.4 Å². The molecule has 0 spiro atoms. The third-order valence-electron chi connectivity index (χ3n) is 3.51. The average Bonchev–Trinajstić information content (AvgIpc) is 2.76. The van der Waals surface area contributed by atoms with Crippen LogP contribution in [0.3, 0.4) is 0 Å². The molecule has 1 aliphatic carbocycles. The summed E-state index contributed by atoms with van der Waals surface area (Å²) < 4.78 is 4.53. The number of nitrogens with one attached hydrogen (secondary N) is 1. The van der Waals surface area contributed by atoms with Gasteiger partial charge in [-0.3, -0.25) is 15.4 Å². The summed E-state index contributed by atoms with van der Waals surface area (Å²) in [6.07, 6.45) is 3.80. The van der Waals surface area contributed by atoms with Gasteiger partial charge < -0.3 is 10.2 Å². The number of anilines is 1. The van der Waals surface area contributed by atoms with Crippen molar-refractivity contribution in [1.82, 2.24) is 0 Å². The van der Waals surface area contributed by atoms with Gasteiger partial charge in [-0.1, -0.05) is 31.0 Å². The third-order valence-corrected chi connectivity index (χ3v) is 3.51. The summed E-state index contributed by atoms with van der Waals surface area (Å²) in [5.41, 5.74) is 3.46. The number of cyclic esters (lactones) is 2. The average molecular weight is 262 g/mol. The fourth-order valence-corrected chi connectivity index (χ4v) is 2.48. The molecule has 19 heavy (non-hydrogen) atoms. The van der Waals surface area contributed by atoms with Crippen LogP contribution in [0.25, 0.3) is 0 Å². The Kier molecular flexibility index (Phi) is 4.52. The molecule has 5 nitrogen and oxygen atoms in total. The lowest BCUT2D eigenvalue weighted by Crippen LogP contribution is -2.21. The molecule has 2 aliphatic rings. The van der Waals surface area contributed by atoms with Crippen LogP contribution < -0.4 is 11.3 Å². The van der Waals surface area contributed by atoms with Crippen LogP contribution in [0.15, 0.2) is 30.3 Å². The van der Waals surface area contributed by atoms with Gasteiger partial charge in [-0.2, -0.15) is 0 Å². The molecule has 2 unspecified atom stereocenters. The zero-order valence-corrected chi connectivity index (χ0v) is 10.7. The Hall–Kier alpha value is -1.88. The molecular weight excluding hydrogens is 244 g/mol.